The Bertz CT molecular complexity index is 431. The van der Waals surface area contributed by atoms with Crippen molar-refractivity contribution in [3.05, 3.63) is 23.0 Å². The third-order valence-corrected chi connectivity index (χ3v) is 3.39. The van der Waals surface area contributed by atoms with Crippen LogP contribution in [0.5, 0.6) is 5.75 Å². The second-order valence-corrected chi connectivity index (χ2v) is 4.92. The van der Waals surface area contributed by atoms with Crippen LogP contribution in [0.3, 0.4) is 0 Å². The summed E-state index contributed by atoms with van der Waals surface area (Å²) in [6.45, 7) is 5.33. The van der Waals surface area contributed by atoms with E-state index in [9.17, 15) is 0 Å². The fourth-order valence-corrected chi connectivity index (χ4v) is 2.40. The van der Waals surface area contributed by atoms with Gasteiger partial charge in [0.2, 0.25) is 0 Å². The van der Waals surface area contributed by atoms with E-state index in [0.29, 0.717) is 26.1 Å². The van der Waals surface area contributed by atoms with Gasteiger partial charge in [-0.1, -0.05) is 0 Å². The van der Waals surface area contributed by atoms with Crippen molar-refractivity contribution in [2.75, 3.05) is 20.3 Å². The molecule has 1 unspecified atom stereocenters. The van der Waals surface area contributed by atoms with Gasteiger partial charge in [0, 0.05) is 41.9 Å². The van der Waals surface area contributed by atoms with Crippen LogP contribution in [0, 0.1) is 13.8 Å². The topological polar surface area (TPSA) is 66.6 Å². The van der Waals surface area contributed by atoms with Crippen molar-refractivity contribution in [2.45, 2.75) is 39.0 Å². The molecule has 1 aliphatic rings. The van der Waals surface area contributed by atoms with Gasteiger partial charge in [0.25, 0.3) is 0 Å². The monoisotopic (exact) mass is 266 g/mol. The van der Waals surface area contributed by atoms with Crippen molar-refractivity contribution in [1.82, 2.24) is 4.98 Å². The SMILES string of the molecule is COc1c(C)cnc(CC(N)CC2OCCO2)c1C. The molecule has 0 saturated carbocycles. The Balaban J connectivity index is 2.01. The highest BCUT2D eigenvalue weighted by Gasteiger charge is 2.21. The summed E-state index contributed by atoms with van der Waals surface area (Å²) in [6, 6.07) is -0.0262. The number of pyridine rings is 1. The lowest BCUT2D eigenvalue weighted by Crippen LogP contribution is -2.29. The smallest absolute Gasteiger partial charge is 0.159 e. The van der Waals surface area contributed by atoms with Gasteiger partial charge in [0.15, 0.2) is 6.29 Å². The van der Waals surface area contributed by atoms with Crippen molar-refractivity contribution < 1.29 is 14.2 Å². The highest BCUT2D eigenvalue weighted by molar-refractivity contribution is 5.41. The van der Waals surface area contributed by atoms with Gasteiger partial charge >= 0.3 is 0 Å². The Kier molecular flexibility index (Phi) is 4.74. The van der Waals surface area contributed by atoms with E-state index in [1.165, 1.54) is 0 Å². The fraction of sp³-hybridized carbons (Fsp3) is 0.643. The fourth-order valence-electron chi connectivity index (χ4n) is 2.40. The van der Waals surface area contributed by atoms with E-state index in [-0.39, 0.29) is 12.3 Å². The standard InChI is InChI=1S/C14H22N2O3/c1-9-8-16-12(10(2)14(9)17-3)6-11(15)7-13-18-4-5-19-13/h8,11,13H,4-7,15H2,1-3H3. The first-order valence-electron chi connectivity index (χ1n) is 6.59. The average molecular weight is 266 g/mol. The Morgan fingerprint density at radius 3 is 2.74 bits per heavy atom. The molecule has 1 fully saturated rings. The maximum atomic E-state index is 6.14. The van der Waals surface area contributed by atoms with Crippen molar-refractivity contribution in [1.29, 1.82) is 0 Å². The lowest BCUT2D eigenvalue weighted by Gasteiger charge is -2.17. The summed E-state index contributed by atoms with van der Waals surface area (Å²) >= 11 is 0. The van der Waals surface area contributed by atoms with E-state index < -0.39 is 0 Å². The first-order chi connectivity index (χ1) is 9.11. The number of nitrogens with zero attached hydrogens (tertiary/aromatic N) is 1. The van der Waals surface area contributed by atoms with Gasteiger partial charge in [-0.05, 0) is 13.8 Å². The number of hydrogen-bond acceptors (Lipinski definition) is 5. The molecule has 5 nitrogen and oxygen atoms in total. The van der Waals surface area contributed by atoms with Crippen molar-refractivity contribution in [3.63, 3.8) is 0 Å². The Morgan fingerprint density at radius 2 is 2.11 bits per heavy atom. The van der Waals surface area contributed by atoms with Crippen LogP contribution in [0.1, 0.15) is 23.2 Å². The minimum absolute atomic E-state index is 0.0262. The lowest BCUT2D eigenvalue weighted by molar-refractivity contribution is -0.0505. The average Bonchev–Trinajstić information content (AvgIpc) is 2.86. The molecule has 5 heteroatoms. The summed E-state index contributed by atoms with van der Waals surface area (Å²) in [5.41, 5.74) is 9.23. The van der Waals surface area contributed by atoms with Crippen molar-refractivity contribution in [3.8, 4) is 5.75 Å². The highest BCUT2D eigenvalue weighted by Crippen LogP contribution is 2.25. The number of methoxy groups -OCH3 is 1. The van der Waals surface area contributed by atoms with E-state index in [2.05, 4.69) is 4.98 Å². The van der Waals surface area contributed by atoms with Gasteiger partial charge in [0.1, 0.15) is 5.75 Å². The molecular weight excluding hydrogens is 244 g/mol. The van der Waals surface area contributed by atoms with Gasteiger partial charge in [-0.3, -0.25) is 4.98 Å². The van der Waals surface area contributed by atoms with E-state index in [4.69, 9.17) is 19.9 Å². The molecule has 0 radical (unpaired) electrons. The third-order valence-electron chi connectivity index (χ3n) is 3.39. The molecule has 0 amide bonds. The Labute approximate surface area is 114 Å². The number of nitrogens with two attached hydrogens (primary N) is 1. The molecule has 1 atom stereocenters. The van der Waals surface area contributed by atoms with Crippen LogP contribution in [0.25, 0.3) is 0 Å². The highest BCUT2D eigenvalue weighted by atomic mass is 16.7. The van der Waals surface area contributed by atoms with E-state index in [1.54, 1.807) is 7.11 Å². The predicted molar refractivity (Wildman–Crippen MR) is 72.3 cm³/mol. The van der Waals surface area contributed by atoms with E-state index >= 15 is 0 Å². The summed E-state index contributed by atoms with van der Waals surface area (Å²) in [4.78, 5) is 4.46. The number of ether oxygens (including phenoxy) is 3. The van der Waals surface area contributed by atoms with Crippen LogP contribution < -0.4 is 10.5 Å². The number of rotatable bonds is 5. The molecule has 1 saturated heterocycles. The molecule has 0 aliphatic carbocycles. The maximum Gasteiger partial charge on any atom is 0.159 e. The summed E-state index contributed by atoms with van der Waals surface area (Å²) in [7, 11) is 1.68. The van der Waals surface area contributed by atoms with Gasteiger partial charge in [0.05, 0.1) is 20.3 Å². The van der Waals surface area contributed by atoms with Crippen molar-refractivity contribution in [2.24, 2.45) is 5.73 Å². The Morgan fingerprint density at radius 1 is 1.42 bits per heavy atom. The number of aromatic nitrogens is 1. The van der Waals surface area contributed by atoms with Gasteiger partial charge in [-0.15, -0.1) is 0 Å². The molecule has 2 N–H and O–H groups in total. The van der Waals surface area contributed by atoms with Crippen LogP contribution in [0.15, 0.2) is 6.20 Å². The minimum Gasteiger partial charge on any atom is -0.496 e. The summed E-state index contributed by atoms with van der Waals surface area (Å²) < 4.78 is 16.2. The summed E-state index contributed by atoms with van der Waals surface area (Å²) in [5, 5.41) is 0. The quantitative estimate of drug-likeness (QED) is 0.871. The van der Waals surface area contributed by atoms with Gasteiger partial charge in [-0.25, -0.2) is 0 Å². The zero-order valence-electron chi connectivity index (χ0n) is 11.8. The molecule has 1 aliphatic heterocycles. The largest absolute Gasteiger partial charge is 0.496 e. The summed E-state index contributed by atoms with van der Waals surface area (Å²) in [5.74, 6) is 0.894. The van der Waals surface area contributed by atoms with Crippen LogP contribution in [0.2, 0.25) is 0 Å². The number of hydrogen-bond donors (Lipinski definition) is 1. The lowest BCUT2D eigenvalue weighted by atomic mass is 10.0. The molecule has 19 heavy (non-hydrogen) atoms. The van der Waals surface area contributed by atoms with Crippen LogP contribution in [-0.4, -0.2) is 37.6 Å². The second kappa shape index (κ2) is 6.32. The van der Waals surface area contributed by atoms with Crippen LogP contribution in [0.4, 0.5) is 0 Å². The van der Waals surface area contributed by atoms with Crippen molar-refractivity contribution >= 4 is 0 Å². The molecule has 0 spiro atoms. The van der Waals surface area contributed by atoms with Crippen LogP contribution in [-0.2, 0) is 15.9 Å². The molecular formula is C14H22N2O3. The first kappa shape index (κ1) is 14.2. The minimum atomic E-state index is -0.164. The zero-order chi connectivity index (χ0) is 13.8. The molecule has 1 aromatic rings. The summed E-state index contributed by atoms with van der Waals surface area (Å²) in [6.07, 6.45) is 3.06. The second-order valence-electron chi connectivity index (χ2n) is 4.92. The molecule has 2 rings (SSSR count). The first-order valence-corrected chi connectivity index (χ1v) is 6.59. The molecule has 106 valence electrons. The van der Waals surface area contributed by atoms with Gasteiger partial charge < -0.3 is 19.9 Å². The number of aryl methyl sites for hydroxylation is 1. The van der Waals surface area contributed by atoms with E-state index in [1.807, 2.05) is 20.0 Å². The predicted octanol–water partition coefficient (Wildman–Crippen LogP) is 1.34. The maximum absolute atomic E-state index is 6.14. The normalized spacial score (nSPS) is 17.7. The van der Waals surface area contributed by atoms with E-state index in [0.717, 1.165) is 22.6 Å². The van der Waals surface area contributed by atoms with Crippen LogP contribution >= 0.6 is 0 Å². The molecule has 2 heterocycles. The molecule has 1 aromatic heterocycles. The third kappa shape index (κ3) is 3.43. The zero-order valence-corrected chi connectivity index (χ0v) is 11.8. The van der Waals surface area contributed by atoms with Gasteiger partial charge in [-0.2, -0.15) is 0 Å². The molecule has 0 bridgehead atoms. The molecule has 0 aromatic carbocycles. The Hall–Kier alpha value is -1.17.